The third-order valence-electron chi connectivity index (χ3n) is 0. The number of phosphoric acid groups is 1. The van der Waals surface area contributed by atoms with Crippen LogP contribution >= 0.6 is 7.82 Å². The van der Waals surface area contributed by atoms with Crippen LogP contribution in [0.3, 0.4) is 0 Å². The fraction of sp³-hybridized carbons (Fsp3) is 0. The first kappa shape index (κ1) is 30.2. The van der Waals surface area contributed by atoms with Crippen molar-refractivity contribution in [2.45, 2.75) is 0 Å². The molecule has 0 heterocycles. The molecule has 0 radical (unpaired) electrons. The topological polar surface area (TPSA) is 274 Å². The number of hydrogen-bond donors (Lipinski definition) is 4. The van der Waals surface area contributed by atoms with Crippen molar-refractivity contribution in [1.29, 1.82) is 0 Å². The summed E-state index contributed by atoms with van der Waals surface area (Å²) in [5, 5.41) is 43.1. The van der Waals surface area contributed by atoms with Gasteiger partial charge in [-0.25, -0.2) is 4.57 Å². The van der Waals surface area contributed by atoms with E-state index in [1.54, 1.807) is 0 Å². The van der Waals surface area contributed by atoms with E-state index in [0.29, 0.717) is 0 Å². The van der Waals surface area contributed by atoms with Gasteiger partial charge in [-0.3, -0.25) is 0 Å². The van der Waals surface area contributed by atoms with E-state index < -0.39 is 23.1 Å². The van der Waals surface area contributed by atoms with Crippen LogP contribution in [0.5, 0.6) is 0 Å². The second-order valence-corrected chi connectivity index (χ2v) is 2.22. The van der Waals surface area contributed by atoms with Crippen LogP contribution in [0.15, 0.2) is 0 Å². The Labute approximate surface area is 126 Å². The maximum atomic E-state index is 8.88. The molecule has 0 aromatic heterocycles. The van der Waals surface area contributed by atoms with E-state index in [2.05, 4.69) is 0 Å². The summed E-state index contributed by atoms with van der Waals surface area (Å²) >= 11 is 0. The van der Waals surface area contributed by atoms with Crippen LogP contribution in [0, 0.1) is 40.8 Å². The van der Waals surface area contributed by atoms with Crippen LogP contribution in [-0.2, 0) is 4.57 Å². The number of nitrogens with zero attached hydrogens (tertiary/aromatic N) is 3. The fourth-order valence-corrected chi connectivity index (χ4v) is 0. The van der Waals surface area contributed by atoms with Gasteiger partial charge >= 0.3 is 45.6 Å². The third-order valence-corrected chi connectivity index (χ3v) is 0. The third kappa shape index (κ3) is 2750. The Morgan fingerprint density at radius 3 is 0.778 bits per heavy atom. The molecular weight excluding hydrogens is 321 g/mol. The van der Waals surface area contributed by atoms with Crippen molar-refractivity contribution < 1.29 is 39.7 Å². The second-order valence-electron chi connectivity index (χ2n) is 1.20. The molecule has 0 unspecified atom stereocenters. The van der Waals surface area contributed by atoms with Crippen LogP contribution in [0.25, 0.3) is 0 Å². The van der Waals surface area contributed by atoms with Gasteiger partial charge in [0.1, 0.15) is 0 Å². The minimum Gasteiger partial charge on any atom is -0.356 e. The van der Waals surface area contributed by atoms with Gasteiger partial charge in [-0.05, 0) is 0 Å². The van der Waals surface area contributed by atoms with Crippen LogP contribution in [0.4, 0.5) is 0 Å². The molecule has 0 aromatic rings. The van der Waals surface area contributed by atoms with E-state index >= 15 is 0 Å². The molecule has 16 nitrogen and oxygen atoms in total. The molecule has 18 heteroatoms. The Hall–Kier alpha value is -1.03. The summed E-state index contributed by atoms with van der Waals surface area (Å²) in [4.78, 5) is 46.4. The monoisotopic (exact) mass is 325 g/mol. The summed E-state index contributed by atoms with van der Waals surface area (Å²) in [6.07, 6.45) is 0. The van der Waals surface area contributed by atoms with E-state index in [9.17, 15) is 0 Å². The molecule has 4 N–H and O–H groups in total. The summed E-state index contributed by atoms with van der Waals surface area (Å²) in [5.74, 6) is 0. The molecule has 0 atom stereocenters. The molecular formula is H4CaN3O13P. The molecule has 104 valence electrons. The summed E-state index contributed by atoms with van der Waals surface area (Å²) in [6.45, 7) is 0. The zero-order chi connectivity index (χ0) is 15.2. The van der Waals surface area contributed by atoms with Gasteiger partial charge < -0.3 is 50.5 Å². The van der Waals surface area contributed by atoms with Crippen LogP contribution < -0.4 is 0 Å². The maximum absolute atomic E-state index is 8.88. The van der Waals surface area contributed by atoms with E-state index in [1.165, 1.54) is 0 Å². The Morgan fingerprint density at radius 2 is 0.778 bits per heavy atom. The molecule has 0 rings (SSSR count). The van der Waals surface area contributed by atoms with Gasteiger partial charge in [0, 0.05) is 0 Å². The molecule has 0 saturated heterocycles. The van der Waals surface area contributed by atoms with E-state index in [-0.39, 0.29) is 37.7 Å². The van der Waals surface area contributed by atoms with Crippen LogP contribution in [0.1, 0.15) is 0 Å². The molecule has 18 heavy (non-hydrogen) atoms. The molecule has 0 spiro atoms. The van der Waals surface area contributed by atoms with Gasteiger partial charge in [0.15, 0.2) is 0 Å². The van der Waals surface area contributed by atoms with Crippen molar-refractivity contribution in [3.8, 4) is 0 Å². The second kappa shape index (κ2) is 18.3. The fourth-order valence-electron chi connectivity index (χ4n) is 0. The largest absolute Gasteiger partial charge is 2.00 e. The smallest absolute Gasteiger partial charge is 0.356 e. The zero-order valence-corrected chi connectivity index (χ0v) is 11.1. The normalized spacial score (nSPS) is 7.28. The van der Waals surface area contributed by atoms with E-state index in [4.69, 9.17) is 65.2 Å². The summed E-state index contributed by atoms with van der Waals surface area (Å²) in [7, 11) is -4.64. The molecule has 0 fully saturated rings. The summed E-state index contributed by atoms with van der Waals surface area (Å²) in [6, 6.07) is 0. The Bertz CT molecular complexity index is 219. The first-order valence-electron chi connectivity index (χ1n) is 2.44. The van der Waals surface area contributed by atoms with Gasteiger partial charge in [-0.1, -0.05) is 0 Å². The molecule has 0 amide bonds. The first-order valence-corrected chi connectivity index (χ1v) is 4.01. The molecule has 0 aromatic carbocycles. The minimum absolute atomic E-state index is 0. The molecule has 0 bridgehead atoms. The quantitative estimate of drug-likeness (QED) is 0.160. The Balaban J connectivity index is -0.0000000412. The standard InChI is InChI=1S/Ca.HNO3.2NO3.H3O4P/c;3*2-1(3)4;1-5(2,3)4/h;(H,2,3,4);;;(H3,1,2,3,4)/q+2;;2*-1;. The first-order chi connectivity index (χ1) is 7.20. The van der Waals surface area contributed by atoms with Crippen molar-refractivity contribution in [1.82, 2.24) is 0 Å². The van der Waals surface area contributed by atoms with Crippen LogP contribution in [0.2, 0.25) is 0 Å². The SMILES string of the molecule is O=P(O)(O)O.O=[N+]([O-])O.O=[N+]([O-])[O-].O=[N+]([O-])[O-].[Ca+2]. The Morgan fingerprint density at radius 1 is 0.778 bits per heavy atom. The van der Waals surface area contributed by atoms with E-state index in [0.717, 1.165) is 0 Å². The molecule has 0 saturated carbocycles. The van der Waals surface area contributed by atoms with Crippen LogP contribution in [-0.4, -0.2) is 72.9 Å². The average molecular weight is 325 g/mol. The van der Waals surface area contributed by atoms with Crippen molar-refractivity contribution in [2.24, 2.45) is 0 Å². The molecule has 0 aliphatic rings. The van der Waals surface area contributed by atoms with Gasteiger partial charge in [0.25, 0.3) is 5.09 Å². The Kier molecular flexibility index (Phi) is 30.8. The maximum Gasteiger partial charge on any atom is 2.00 e. The molecule has 0 aliphatic heterocycles. The predicted molar refractivity (Wildman–Crippen MR) is 49.5 cm³/mol. The van der Waals surface area contributed by atoms with Gasteiger partial charge in [0.2, 0.25) is 0 Å². The van der Waals surface area contributed by atoms with E-state index in [1.807, 2.05) is 0 Å². The average Bonchev–Trinajstić information content (AvgIpc) is 1.73. The van der Waals surface area contributed by atoms with Crippen molar-refractivity contribution >= 4 is 45.6 Å². The van der Waals surface area contributed by atoms with Crippen molar-refractivity contribution in [2.75, 3.05) is 0 Å². The number of hydrogen-bond acceptors (Lipinski definition) is 9. The van der Waals surface area contributed by atoms with Gasteiger partial charge in [0.05, 0.1) is 10.2 Å². The van der Waals surface area contributed by atoms with Crippen molar-refractivity contribution in [3.63, 3.8) is 0 Å². The summed E-state index contributed by atoms with van der Waals surface area (Å²) < 4.78 is 8.88. The predicted octanol–water partition coefficient (Wildman–Crippen LogP) is -2.14. The zero-order valence-electron chi connectivity index (χ0n) is 7.96. The minimum atomic E-state index is -4.64. The van der Waals surface area contributed by atoms with Crippen molar-refractivity contribution in [3.05, 3.63) is 40.8 Å². The number of rotatable bonds is 0. The van der Waals surface area contributed by atoms with Gasteiger partial charge in [-0.2, -0.15) is 0 Å². The summed E-state index contributed by atoms with van der Waals surface area (Å²) in [5.41, 5.74) is 0. The molecule has 0 aliphatic carbocycles. The van der Waals surface area contributed by atoms with Gasteiger partial charge in [-0.15, -0.1) is 10.1 Å².